The smallest absolute Gasteiger partial charge is 0.266 e. The van der Waals surface area contributed by atoms with E-state index in [-0.39, 0.29) is 11.5 Å². The van der Waals surface area contributed by atoms with Gasteiger partial charge in [0.15, 0.2) is 0 Å². The third-order valence-electron chi connectivity index (χ3n) is 2.04. The average Bonchev–Trinajstić information content (AvgIpc) is 2.17. The Morgan fingerprint density at radius 2 is 2.14 bits per heavy atom. The molecule has 0 unspecified atom stereocenters. The maximum atomic E-state index is 11.3. The van der Waals surface area contributed by atoms with Crippen molar-refractivity contribution in [1.29, 1.82) is 0 Å². The molecule has 72 valence electrons. The van der Waals surface area contributed by atoms with Crippen molar-refractivity contribution < 1.29 is 0 Å². The van der Waals surface area contributed by atoms with Gasteiger partial charge in [-0.1, -0.05) is 13.8 Å². The molecule has 0 radical (unpaired) electrons. The van der Waals surface area contributed by atoms with Crippen LogP contribution in [0.15, 0.2) is 17.3 Å². The Hall–Kier alpha value is -1.78. The summed E-state index contributed by atoms with van der Waals surface area (Å²) >= 11 is 0. The molecule has 0 saturated heterocycles. The Morgan fingerprint density at radius 3 is 2.86 bits per heavy atom. The summed E-state index contributed by atoms with van der Waals surface area (Å²) in [4.78, 5) is 19.4. The largest absolute Gasteiger partial charge is 0.290 e. The first kappa shape index (κ1) is 8.80. The van der Waals surface area contributed by atoms with Crippen molar-refractivity contribution in [2.45, 2.75) is 19.8 Å². The summed E-state index contributed by atoms with van der Waals surface area (Å²) in [5, 5.41) is 6.81. The normalized spacial score (nSPS) is 11.1. The number of hydrogen-bond acceptors (Lipinski definition) is 4. The lowest BCUT2D eigenvalue weighted by atomic mass is 10.1. The zero-order chi connectivity index (χ0) is 10.1. The highest BCUT2D eigenvalue weighted by Crippen LogP contribution is 2.17. The molecule has 0 saturated carbocycles. The van der Waals surface area contributed by atoms with Crippen molar-refractivity contribution in [3.05, 3.63) is 28.6 Å². The maximum absolute atomic E-state index is 11.3. The molecule has 0 fully saturated rings. The highest BCUT2D eigenvalue weighted by Gasteiger charge is 2.09. The van der Waals surface area contributed by atoms with Crippen LogP contribution < -0.4 is 5.56 Å². The summed E-state index contributed by atoms with van der Waals surface area (Å²) < 4.78 is 0. The SMILES string of the molecule is CC(C)c1ncnc2c(=O)[nH]ncc12. The molecule has 0 aliphatic rings. The predicted octanol–water partition coefficient (Wildman–Crippen LogP) is 0.836. The number of nitrogens with zero attached hydrogens (tertiary/aromatic N) is 3. The standard InChI is InChI=1S/C9H10N4O/c1-5(2)7-6-3-12-13-9(14)8(6)11-4-10-7/h3-5H,1-2H3,(H,13,14). The minimum absolute atomic E-state index is 0.254. The van der Waals surface area contributed by atoms with Crippen LogP contribution in [0.3, 0.4) is 0 Å². The Bertz CT molecular complexity index is 517. The molecule has 2 heterocycles. The average molecular weight is 190 g/mol. The Kier molecular flexibility index (Phi) is 1.99. The number of aromatic amines is 1. The number of hydrogen-bond donors (Lipinski definition) is 1. The van der Waals surface area contributed by atoms with Gasteiger partial charge in [-0.15, -0.1) is 0 Å². The molecule has 0 aliphatic carbocycles. The molecule has 5 nitrogen and oxygen atoms in total. The molecule has 2 aromatic heterocycles. The van der Waals surface area contributed by atoms with Crippen molar-refractivity contribution >= 4 is 10.9 Å². The molecule has 0 amide bonds. The zero-order valence-corrected chi connectivity index (χ0v) is 7.98. The number of aromatic nitrogens is 4. The lowest BCUT2D eigenvalue weighted by Crippen LogP contribution is -2.11. The summed E-state index contributed by atoms with van der Waals surface area (Å²) in [6.07, 6.45) is 3.00. The van der Waals surface area contributed by atoms with Gasteiger partial charge in [-0.3, -0.25) is 4.79 Å². The van der Waals surface area contributed by atoms with Gasteiger partial charge >= 0.3 is 0 Å². The highest BCUT2D eigenvalue weighted by molar-refractivity contribution is 5.78. The Morgan fingerprint density at radius 1 is 1.36 bits per heavy atom. The van der Waals surface area contributed by atoms with Crippen LogP contribution in [0.5, 0.6) is 0 Å². The second-order valence-corrected chi connectivity index (χ2v) is 3.38. The van der Waals surface area contributed by atoms with E-state index in [1.54, 1.807) is 6.20 Å². The molecule has 0 spiro atoms. The second kappa shape index (κ2) is 3.17. The molecule has 0 bridgehead atoms. The fourth-order valence-electron chi connectivity index (χ4n) is 1.39. The number of nitrogens with one attached hydrogen (secondary N) is 1. The molecule has 1 N–H and O–H groups in total. The molecule has 2 aromatic rings. The van der Waals surface area contributed by atoms with E-state index >= 15 is 0 Å². The third kappa shape index (κ3) is 1.26. The van der Waals surface area contributed by atoms with Gasteiger partial charge in [-0.05, 0) is 5.92 Å². The lowest BCUT2D eigenvalue weighted by Gasteiger charge is -2.05. The van der Waals surface area contributed by atoms with Gasteiger partial charge < -0.3 is 0 Å². The van der Waals surface area contributed by atoms with Crippen LogP contribution in [0.25, 0.3) is 10.9 Å². The molecule has 0 aliphatic heterocycles. The topological polar surface area (TPSA) is 71.5 Å². The van der Waals surface area contributed by atoms with Gasteiger partial charge in [0.1, 0.15) is 11.8 Å². The van der Waals surface area contributed by atoms with E-state index in [4.69, 9.17) is 0 Å². The molecule has 0 aromatic carbocycles. The first-order valence-electron chi connectivity index (χ1n) is 4.38. The van der Waals surface area contributed by atoms with E-state index in [0.717, 1.165) is 11.1 Å². The van der Waals surface area contributed by atoms with E-state index in [9.17, 15) is 4.79 Å². The monoisotopic (exact) mass is 190 g/mol. The summed E-state index contributed by atoms with van der Waals surface area (Å²) in [6.45, 7) is 4.03. The van der Waals surface area contributed by atoms with E-state index in [0.29, 0.717) is 5.52 Å². The van der Waals surface area contributed by atoms with Crippen LogP contribution in [-0.4, -0.2) is 20.2 Å². The summed E-state index contributed by atoms with van der Waals surface area (Å²) in [6, 6.07) is 0. The summed E-state index contributed by atoms with van der Waals surface area (Å²) in [5.41, 5.74) is 0.985. The zero-order valence-electron chi connectivity index (χ0n) is 7.98. The molecule has 14 heavy (non-hydrogen) atoms. The van der Waals surface area contributed by atoms with Crippen LogP contribution in [0.1, 0.15) is 25.5 Å². The summed E-state index contributed by atoms with van der Waals surface area (Å²) in [7, 11) is 0. The fourth-order valence-corrected chi connectivity index (χ4v) is 1.39. The van der Waals surface area contributed by atoms with Gasteiger partial charge in [0, 0.05) is 5.39 Å². The van der Waals surface area contributed by atoms with Gasteiger partial charge in [0.25, 0.3) is 5.56 Å². The van der Waals surface area contributed by atoms with Crippen molar-refractivity contribution in [2.24, 2.45) is 0 Å². The minimum atomic E-state index is -0.271. The number of rotatable bonds is 1. The predicted molar refractivity (Wildman–Crippen MR) is 52.0 cm³/mol. The third-order valence-corrected chi connectivity index (χ3v) is 2.04. The fraction of sp³-hybridized carbons (Fsp3) is 0.333. The first-order valence-corrected chi connectivity index (χ1v) is 4.38. The van der Waals surface area contributed by atoms with Crippen LogP contribution in [0, 0.1) is 0 Å². The van der Waals surface area contributed by atoms with Crippen LogP contribution >= 0.6 is 0 Å². The molecule has 0 atom stereocenters. The molecular weight excluding hydrogens is 180 g/mol. The van der Waals surface area contributed by atoms with Gasteiger partial charge in [0.05, 0.1) is 11.9 Å². The van der Waals surface area contributed by atoms with Crippen LogP contribution in [-0.2, 0) is 0 Å². The van der Waals surface area contributed by atoms with Crippen molar-refractivity contribution in [1.82, 2.24) is 20.2 Å². The molecule has 2 rings (SSSR count). The van der Waals surface area contributed by atoms with Gasteiger partial charge in [-0.25, -0.2) is 15.1 Å². The first-order chi connectivity index (χ1) is 6.70. The van der Waals surface area contributed by atoms with Crippen LogP contribution in [0.2, 0.25) is 0 Å². The summed E-state index contributed by atoms with van der Waals surface area (Å²) in [5.74, 6) is 0.254. The van der Waals surface area contributed by atoms with E-state index in [1.165, 1.54) is 6.33 Å². The van der Waals surface area contributed by atoms with Crippen molar-refractivity contribution in [3.8, 4) is 0 Å². The van der Waals surface area contributed by atoms with Crippen LogP contribution in [0.4, 0.5) is 0 Å². The van der Waals surface area contributed by atoms with Gasteiger partial charge in [-0.2, -0.15) is 5.10 Å². The molecular formula is C9H10N4O. The minimum Gasteiger partial charge on any atom is -0.266 e. The van der Waals surface area contributed by atoms with E-state index in [1.807, 2.05) is 13.8 Å². The van der Waals surface area contributed by atoms with Gasteiger partial charge in [0.2, 0.25) is 0 Å². The lowest BCUT2D eigenvalue weighted by molar-refractivity contribution is 0.824. The van der Waals surface area contributed by atoms with E-state index < -0.39 is 0 Å². The van der Waals surface area contributed by atoms with E-state index in [2.05, 4.69) is 20.2 Å². The Balaban J connectivity index is 2.88. The maximum Gasteiger partial charge on any atom is 0.290 e. The number of fused-ring (bicyclic) bond motifs is 1. The highest BCUT2D eigenvalue weighted by atomic mass is 16.1. The van der Waals surface area contributed by atoms with Crippen molar-refractivity contribution in [2.75, 3.05) is 0 Å². The Labute approximate surface area is 80.2 Å². The quantitative estimate of drug-likeness (QED) is 0.723. The van der Waals surface area contributed by atoms with Crippen molar-refractivity contribution in [3.63, 3.8) is 0 Å². The molecule has 5 heteroatoms. The second-order valence-electron chi connectivity index (χ2n) is 3.38. The number of H-pyrrole nitrogens is 1.